The summed E-state index contributed by atoms with van der Waals surface area (Å²) in [5.74, 6) is 0. The molecule has 12 heavy (non-hydrogen) atoms. The lowest BCUT2D eigenvalue weighted by atomic mass is 10.1. The second kappa shape index (κ2) is 10.7. The molecule has 0 saturated carbocycles. The number of rotatable bonds is 8. The summed E-state index contributed by atoms with van der Waals surface area (Å²) in [5, 5.41) is 0. The van der Waals surface area contributed by atoms with Gasteiger partial charge < -0.3 is 0 Å². The van der Waals surface area contributed by atoms with Gasteiger partial charge >= 0.3 is 0 Å². The zero-order valence-electron chi connectivity index (χ0n) is 8.39. The van der Waals surface area contributed by atoms with Crippen molar-refractivity contribution in [3.8, 4) is 0 Å². The highest BCUT2D eigenvalue weighted by molar-refractivity contribution is 4.83. The molecule has 0 N–H and O–H groups in total. The van der Waals surface area contributed by atoms with Crippen molar-refractivity contribution in [1.29, 1.82) is 0 Å². The summed E-state index contributed by atoms with van der Waals surface area (Å²) in [4.78, 5) is 0. The summed E-state index contributed by atoms with van der Waals surface area (Å²) in [5.41, 5.74) is 0. The van der Waals surface area contributed by atoms with Crippen LogP contribution in [0.4, 0.5) is 0 Å². The predicted octanol–water partition coefficient (Wildman–Crippen LogP) is 4.39. The lowest BCUT2D eigenvalue weighted by Crippen LogP contribution is -1.78. The molecule has 0 unspecified atom stereocenters. The highest BCUT2D eigenvalue weighted by Gasteiger charge is 1.88. The Bertz CT molecular complexity index is 92.2. The largest absolute Gasteiger partial charge is 0.0882 e. The van der Waals surface area contributed by atoms with Crippen molar-refractivity contribution >= 4 is 0 Å². The van der Waals surface area contributed by atoms with Crippen LogP contribution in [0.3, 0.4) is 0 Å². The fourth-order valence-electron chi connectivity index (χ4n) is 1.32. The zero-order valence-corrected chi connectivity index (χ0v) is 8.39. The Morgan fingerprint density at radius 3 is 2.08 bits per heavy atom. The third-order valence-corrected chi connectivity index (χ3v) is 2.11. The first-order chi connectivity index (χ1) is 5.91. The molecule has 0 aromatic carbocycles. The molecule has 0 bridgehead atoms. The molecule has 0 aromatic heterocycles. The average molecular weight is 166 g/mol. The number of hydrogen-bond acceptors (Lipinski definition) is 0. The van der Waals surface area contributed by atoms with Crippen LogP contribution in [0.1, 0.15) is 58.3 Å². The van der Waals surface area contributed by atoms with E-state index in [1.807, 2.05) is 6.08 Å². The van der Waals surface area contributed by atoms with E-state index in [1.165, 1.54) is 44.9 Å². The van der Waals surface area contributed by atoms with Crippen molar-refractivity contribution in [1.82, 2.24) is 0 Å². The Morgan fingerprint density at radius 1 is 0.917 bits per heavy atom. The van der Waals surface area contributed by atoms with Crippen LogP contribution < -0.4 is 0 Å². The molecule has 0 nitrogen and oxygen atoms in total. The van der Waals surface area contributed by atoms with E-state index in [2.05, 4.69) is 6.92 Å². The molecular weight excluding hydrogens is 144 g/mol. The van der Waals surface area contributed by atoms with Gasteiger partial charge in [0.2, 0.25) is 0 Å². The summed E-state index contributed by atoms with van der Waals surface area (Å²) in [6.45, 7) is 7.48. The lowest BCUT2D eigenvalue weighted by molar-refractivity contribution is 0.592. The second-order valence-corrected chi connectivity index (χ2v) is 3.34. The van der Waals surface area contributed by atoms with Gasteiger partial charge in [0.1, 0.15) is 0 Å². The van der Waals surface area contributed by atoms with E-state index < -0.39 is 0 Å². The minimum atomic E-state index is 1.16. The average Bonchev–Trinajstić information content (AvgIpc) is 2.10. The number of allylic oxidation sites excluding steroid dienone is 2. The molecule has 0 heterocycles. The minimum absolute atomic E-state index is 1.16. The van der Waals surface area contributed by atoms with Gasteiger partial charge in [0, 0.05) is 0 Å². The molecule has 0 saturated heterocycles. The molecule has 2 radical (unpaired) electrons. The number of unbranched alkanes of at least 4 members (excludes halogenated alkanes) is 7. The van der Waals surface area contributed by atoms with Gasteiger partial charge in [-0.3, -0.25) is 0 Å². The van der Waals surface area contributed by atoms with Crippen molar-refractivity contribution in [3.05, 3.63) is 19.1 Å². The maximum absolute atomic E-state index is 5.23. The van der Waals surface area contributed by atoms with Crippen molar-refractivity contribution < 1.29 is 0 Å². The van der Waals surface area contributed by atoms with Crippen LogP contribution in [0, 0.1) is 6.92 Å². The van der Waals surface area contributed by atoms with Gasteiger partial charge in [0.15, 0.2) is 0 Å². The van der Waals surface area contributed by atoms with Crippen molar-refractivity contribution in [3.63, 3.8) is 0 Å². The maximum atomic E-state index is 5.23. The van der Waals surface area contributed by atoms with Crippen LogP contribution in [0.15, 0.2) is 12.2 Å². The summed E-state index contributed by atoms with van der Waals surface area (Å²) < 4.78 is 0. The fourth-order valence-corrected chi connectivity index (χ4v) is 1.32. The lowest BCUT2D eigenvalue weighted by Gasteiger charge is -1.98. The van der Waals surface area contributed by atoms with Gasteiger partial charge in [-0.15, -0.1) is 0 Å². The third kappa shape index (κ3) is 9.74. The smallest absolute Gasteiger partial charge is 0.00958 e. The van der Waals surface area contributed by atoms with Crippen LogP contribution in [0.5, 0.6) is 0 Å². The summed E-state index contributed by atoms with van der Waals surface area (Å²) in [6.07, 6.45) is 14.5. The van der Waals surface area contributed by atoms with Crippen molar-refractivity contribution in [2.45, 2.75) is 58.3 Å². The van der Waals surface area contributed by atoms with Gasteiger partial charge in [0.25, 0.3) is 0 Å². The molecule has 0 aliphatic carbocycles. The molecule has 70 valence electrons. The van der Waals surface area contributed by atoms with E-state index in [-0.39, 0.29) is 0 Å². The Morgan fingerprint density at radius 2 is 1.50 bits per heavy atom. The van der Waals surface area contributed by atoms with E-state index in [9.17, 15) is 0 Å². The number of hydrogen-bond donors (Lipinski definition) is 0. The molecule has 0 rings (SSSR count). The van der Waals surface area contributed by atoms with E-state index in [1.54, 1.807) is 6.08 Å². The van der Waals surface area contributed by atoms with Crippen molar-refractivity contribution in [2.75, 3.05) is 0 Å². The molecule has 0 amide bonds. The summed E-state index contributed by atoms with van der Waals surface area (Å²) in [6, 6.07) is 0. The van der Waals surface area contributed by atoms with E-state index in [0.717, 1.165) is 6.42 Å². The highest BCUT2D eigenvalue weighted by atomic mass is 13.9. The normalized spacial score (nSPS) is 11.2. The molecule has 0 fully saturated rings. The van der Waals surface area contributed by atoms with Gasteiger partial charge in [-0.1, -0.05) is 57.6 Å². The molecule has 0 heteroatoms. The van der Waals surface area contributed by atoms with Crippen LogP contribution in [-0.2, 0) is 0 Å². The predicted molar refractivity (Wildman–Crippen MR) is 56.1 cm³/mol. The molecule has 0 aliphatic heterocycles. The van der Waals surface area contributed by atoms with Gasteiger partial charge in [-0.05, 0) is 19.8 Å². The topological polar surface area (TPSA) is 0 Å². The molecule has 0 spiro atoms. The zero-order chi connectivity index (χ0) is 9.07. The molecular formula is C12H22. The van der Waals surface area contributed by atoms with Crippen LogP contribution in [0.2, 0.25) is 0 Å². The Labute approximate surface area is 78.1 Å². The van der Waals surface area contributed by atoms with Crippen LogP contribution >= 0.6 is 0 Å². The first kappa shape index (κ1) is 11.7. The first-order valence-corrected chi connectivity index (χ1v) is 5.28. The fraction of sp³-hybridized carbons (Fsp3) is 0.750. The van der Waals surface area contributed by atoms with Gasteiger partial charge in [0.05, 0.1) is 0 Å². The summed E-state index contributed by atoms with van der Waals surface area (Å²) in [7, 11) is 0. The molecule has 0 aliphatic rings. The summed E-state index contributed by atoms with van der Waals surface area (Å²) >= 11 is 0. The molecule has 0 aromatic rings. The second-order valence-electron chi connectivity index (χ2n) is 3.34. The Hall–Kier alpha value is -0.260. The Balaban J connectivity index is 2.81. The van der Waals surface area contributed by atoms with E-state index >= 15 is 0 Å². The monoisotopic (exact) mass is 166 g/mol. The standard InChI is InChI=1S/C12H22/c1-3-5-7-9-11-12-10-8-6-4-2/h1,3,5H,4,6-12H2,2H3/b5-3+. The van der Waals surface area contributed by atoms with E-state index in [4.69, 9.17) is 6.92 Å². The Kier molecular flexibility index (Phi) is 10.5. The molecule has 0 atom stereocenters. The van der Waals surface area contributed by atoms with Gasteiger partial charge in [-0.25, -0.2) is 0 Å². The van der Waals surface area contributed by atoms with Crippen LogP contribution in [-0.4, -0.2) is 0 Å². The van der Waals surface area contributed by atoms with E-state index in [0.29, 0.717) is 0 Å². The highest BCUT2D eigenvalue weighted by Crippen LogP contribution is 2.08. The quantitative estimate of drug-likeness (QED) is 0.469. The third-order valence-electron chi connectivity index (χ3n) is 2.11. The van der Waals surface area contributed by atoms with Crippen LogP contribution in [0.25, 0.3) is 0 Å². The SMILES string of the molecule is [CH]/C=C/CCCCCCCCC. The maximum Gasteiger partial charge on any atom is -0.00958 e. The first-order valence-electron chi connectivity index (χ1n) is 5.28. The minimum Gasteiger partial charge on any atom is -0.0882 e. The van der Waals surface area contributed by atoms with Gasteiger partial charge in [-0.2, -0.15) is 0 Å². The van der Waals surface area contributed by atoms with Crippen molar-refractivity contribution in [2.24, 2.45) is 0 Å².